The molecule has 0 heterocycles. The number of oxime groups is 1. The predicted molar refractivity (Wildman–Crippen MR) is 62.3 cm³/mol. The van der Waals surface area contributed by atoms with Gasteiger partial charge in [0.05, 0.1) is 5.92 Å². The predicted octanol–water partition coefficient (Wildman–Crippen LogP) is 2.39. The van der Waals surface area contributed by atoms with Crippen LogP contribution in [0.1, 0.15) is 34.6 Å². The minimum absolute atomic E-state index is 0.00929. The highest BCUT2D eigenvalue weighted by atomic mass is 16.6. The third-order valence-electron chi connectivity index (χ3n) is 2.97. The topological polar surface area (TPSA) is 58.9 Å². The molecule has 0 amide bonds. The number of carboxylic acid groups (broad SMARTS) is 1. The lowest BCUT2D eigenvalue weighted by Crippen LogP contribution is -2.12. The van der Waals surface area contributed by atoms with Crippen LogP contribution in [0, 0.1) is 22.7 Å². The van der Waals surface area contributed by atoms with Crippen LogP contribution in [0.5, 0.6) is 0 Å². The molecule has 16 heavy (non-hydrogen) atoms. The highest BCUT2D eigenvalue weighted by Crippen LogP contribution is 2.57. The summed E-state index contributed by atoms with van der Waals surface area (Å²) in [5.74, 6) is -1.09. The van der Waals surface area contributed by atoms with Gasteiger partial charge in [-0.3, -0.25) is 4.79 Å². The number of hydrogen-bond acceptors (Lipinski definition) is 3. The molecular weight excluding hydrogens is 206 g/mol. The summed E-state index contributed by atoms with van der Waals surface area (Å²) in [5, 5.41) is 12.8. The summed E-state index contributed by atoms with van der Waals surface area (Å²) in [6.07, 6.45) is 1.63. The van der Waals surface area contributed by atoms with E-state index >= 15 is 0 Å². The van der Waals surface area contributed by atoms with Crippen molar-refractivity contribution in [1.82, 2.24) is 0 Å². The Morgan fingerprint density at radius 1 is 1.50 bits per heavy atom. The average Bonchev–Trinajstić information content (AvgIpc) is 2.60. The van der Waals surface area contributed by atoms with Crippen molar-refractivity contribution >= 4 is 12.2 Å². The Balaban J connectivity index is 2.40. The van der Waals surface area contributed by atoms with Gasteiger partial charge in [0.25, 0.3) is 0 Å². The molecule has 1 N–H and O–H groups in total. The van der Waals surface area contributed by atoms with Crippen molar-refractivity contribution < 1.29 is 14.7 Å². The molecule has 0 aliphatic heterocycles. The van der Waals surface area contributed by atoms with Crippen LogP contribution in [-0.2, 0) is 9.63 Å². The Morgan fingerprint density at radius 2 is 2.06 bits per heavy atom. The molecule has 1 unspecified atom stereocenters. The zero-order valence-corrected chi connectivity index (χ0v) is 10.7. The minimum Gasteiger partial charge on any atom is -0.481 e. The summed E-state index contributed by atoms with van der Waals surface area (Å²) in [6.45, 7) is 10.6. The van der Waals surface area contributed by atoms with E-state index in [4.69, 9.17) is 9.94 Å². The standard InChI is InChI=1S/C12H21NO3/c1-11(2,3)7-16-13-6-8-9(10(14)15)12(8,4)5/h6,8-9H,7H2,1-5H3,(H,14,15)/t8?,9-/m0/s1. The van der Waals surface area contributed by atoms with E-state index in [1.807, 2.05) is 13.8 Å². The molecule has 1 aliphatic rings. The van der Waals surface area contributed by atoms with Crippen molar-refractivity contribution in [2.45, 2.75) is 34.6 Å². The smallest absolute Gasteiger partial charge is 0.307 e. The first-order valence-corrected chi connectivity index (χ1v) is 5.54. The average molecular weight is 227 g/mol. The Bertz CT molecular complexity index is 302. The van der Waals surface area contributed by atoms with Gasteiger partial charge in [0.1, 0.15) is 6.61 Å². The van der Waals surface area contributed by atoms with Gasteiger partial charge in [0.2, 0.25) is 0 Å². The first kappa shape index (κ1) is 13.0. The molecule has 0 radical (unpaired) electrons. The van der Waals surface area contributed by atoms with E-state index in [-0.39, 0.29) is 22.7 Å². The number of carbonyl (C=O) groups is 1. The molecule has 0 spiro atoms. The van der Waals surface area contributed by atoms with Gasteiger partial charge in [-0.05, 0) is 10.8 Å². The molecule has 0 saturated heterocycles. The normalized spacial score (nSPS) is 28.1. The maximum absolute atomic E-state index is 10.9. The summed E-state index contributed by atoms with van der Waals surface area (Å²) < 4.78 is 0. The van der Waals surface area contributed by atoms with Gasteiger partial charge in [-0.15, -0.1) is 0 Å². The third kappa shape index (κ3) is 2.97. The van der Waals surface area contributed by atoms with Crippen molar-refractivity contribution in [3.8, 4) is 0 Å². The SMILES string of the molecule is CC(C)(C)CON=CC1[C@@H](C(=O)O)C1(C)C. The highest BCUT2D eigenvalue weighted by molar-refractivity contribution is 5.84. The lowest BCUT2D eigenvalue weighted by atomic mass is 9.99. The fourth-order valence-corrected chi connectivity index (χ4v) is 1.77. The molecule has 0 bridgehead atoms. The molecule has 0 aromatic rings. The van der Waals surface area contributed by atoms with E-state index in [2.05, 4.69) is 25.9 Å². The molecule has 2 atom stereocenters. The Morgan fingerprint density at radius 3 is 2.44 bits per heavy atom. The van der Waals surface area contributed by atoms with Crippen LogP contribution in [0.2, 0.25) is 0 Å². The lowest BCUT2D eigenvalue weighted by Gasteiger charge is -2.15. The Hall–Kier alpha value is -1.06. The first-order chi connectivity index (χ1) is 7.16. The maximum Gasteiger partial charge on any atom is 0.307 e. The van der Waals surface area contributed by atoms with Crippen molar-refractivity contribution in [3.63, 3.8) is 0 Å². The molecule has 1 saturated carbocycles. The van der Waals surface area contributed by atoms with Crippen LogP contribution in [0.3, 0.4) is 0 Å². The molecule has 92 valence electrons. The second-order valence-corrected chi connectivity index (χ2v) is 6.25. The number of nitrogens with zero attached hydrogens (tertiary/aromatic N) is 1. The maximum atomic E-state index is 10.9. The Labute approximate surface area is 96.7 Å². The molecular formula is C12H21NO3. The molecule has 1 rings (SSSR count). The fraction of sp³-hybridized carbons (Fsp3) is 0.833. The Kier molecular flexibility index (Phi) is 3.31. The minimum atomic E-state index is -0.753. The number of hydrogen-bond donors (Lipinski definition) is 1. The van der Waals surface area contributed by atoms with Gasteiger partial charge in [-0.2, -0.15) is 0 Å². The van der Waals surface area contributed by atoms with Crippen LogP contribution in [-0.4, -0.2) is 23.9 Å². The largest absolute Gasteiger partial charge is 0.481 e. The fourth-order valence-electron chi connectivity index (χ4n) is 1.77. The van der Waals surface area contributed by atoms with Gasteiger partial charge >= 0.3 is 5.97 Å². The first-order valence-electron chi connectivity index (χ1n) is 5.54. The van der Waals surface area contributed by atoms with Crippen LogP contribution in [0.4, 0.5) is 0 Å². The van der Waals surface area contributed by atoms with E-state index in [1.165, 1.54) is 0 Å². The van der Waals surface area contributed by atoms with Gasteiger partial charge < -0.3 is 9.94 Å². The van der Waals surface area contributed by atoms with E-state index in [1.54, 1.807) is 6.21 Å². The highest BCUT2D eigenvalue weighted by Gasteiger charge is 2.61. The molecule has 0 aromatic heterocycles. The van der Waals surface area contributed by atoms with E-state index in [0.29, 0.717) is 6.61 Å². The van der Waals surface area contributed by atoms with Crippen LogP contribution >= 0.6 is 0 Å². The molecule has 0 aromatic carbocycles. The quantitative estimate of drug-likeness (QED) is 0.592. The van der Waals surface area contributed by atoms with Gasteiger partial charge in [0.15, 0.2) is 0 Å². The van der Waals surface area contributed by atoms with Gasteiger partial charge in [0, 0.05) is 12.1 Å². The number of aliphatic carboxylic acids is 1. The summed E-state index contributed by atoms with van der Waals surface area (Å²) in [6, 6.07) is 0. The van der Waals surface area contributed by atoms with Gasteiger partial charge in [-0.1, -0.05) is 39.8 Å². The molecule has 4 heteroatoms. The van der Waals surface area contributed by atoms with Crippen LogP contribution in [0.25, 0.3) is 0 Å². The summed E-state index contributed by atoms with van der Waals surface area (Å²) >= 11 is 0. The number of carboxylic acids is 1. The second kappa shape index (κ2) is 4.07. The van der Waals surface area contributed by atoms with E-state index < -0.39 is 5.97 Å². The lowest BCUT2D eigenvalue weighted by molar-refractivity contribution is -0.139. The summed E-state index contributed by atoms with van der Waals surface area (Å²) in [5.41, 5.74) is -0.122. The van der Waals surface area contributed by atoms with Crippen molar-refractivity contribution in [3.05, 3.63) is 0 Å². The zero-order valence-electron chi connectivity index (χ0n) is 10.7. The van der Waals surface area contributed by atoms with E-state index in [0.717, 1.165) is 0 Å². The van der Waals surface area contributed by atoms with Crippen molar-refractivity contribution in [2.75, 3.05) is 6.61 Å². The van der Waals surface area contributed by atoms with Crippen LogP contribution < -0.4 is 0 Å². The third-order valence-corrected chi connectivity index (χ3v) is 2.97. The van der Waals surface area contributed by atoms with Gasteiger partial charge in [-0.25, -0.2) is 0 Å². The van der Waals surface area contributed by atoms with Crippen molar-refractivity contribution in [1.29, 1.82) is 0 Å². The van der Waals surface area contributed by atoms with Crippen molar-refractivity contribution in [2.24, 2.45) is 27.8 Å². The van der Waals surface area contributed by atoms with E-state index in [9.17, 15) is 4.79 Å². The summed E-state index contributed by atoms with van der Waals surface area (Å²) in [4.78, 5) is 16.0. The van der Waals surface area contributed by atoms with Crippen LogP contribution in [0.15, 0.2) is 5.16 Å². The molecule has 4 nitrogen and oxygen atoms in total. The monoisotopic (exact) mass is 227 g/mol. The zero-order chi connectivity index (χ0) is 12.6. The number of rotatable bonds is 4. The second-order valence-electron chi connectivity index (χ2n) is 6.25. The molecule has 1 fully saturated rings. The summed E-state index contributed by atoms with van der Waals surface area (Å²) in [7, 11) is 0. The molecule has 1 aliphatic carbocycles.